The van der Waals surface area contributed by atoms with E-state index in [1.807, 2.05) is 0 Å². The fourth-order valence-electron chi connectivity index (χ4n) is 1.40. The number of hydrazine groups is 1. The summed E-state index contributed by atoms with van der Waals surface area (Å²) in [7, 11) is 0. The van der Waals surface area contributed by atoms with Crippen molar-refractivity contribution in [2.75, 3.05) is 26.2 Å². The highest BCUT2D eigenvalue weighted by Gasteiger charge is 2.09. The van der Waals surface area contributed by atoms with Gasteiger partial charge in [-0.15, -0.1) is 0 Å². The van der Waals surface area contributed by atoms with Gasteiger partial charge in [0, 0.05) is 26.2 Å². The minimum absolute atomic E-state index is 0.279. The minimum Gasteiger partial charge on any atom is -0.396 e. The molecule has 1 atom stereocenters. The van der Waals surface area contributed by atoms with Gasteiger partial charge < -0.3 is 5.11 Å². The van der Waals surface area contributed by atoms with Crippen molar-refractivity contribution in [2.45, 2.75) is 26.2 Å². The molecule has 1 aliphatic rings. The van der Waals surface area contributed by atoms with E-state index in [2.05, 4.69) is 17.4 Å². The van der Waals surface area contributed by atoms with Gasteiger partial charge in [0.05, 0.1) is 0 Å². The summed E-state index contributed by atoms with van der Waals surface area (Å²) in [5.41, 5.74) is 3.35. The lowest BCUT2D eigenvalue weighted by atomic mass is 10.1. The Morgan fingerprint density at radius 2 is 2.00 bits per heavy atom. The molecule has 1 rings (SSSR count). The predicted octanol–water partition coefficient (Wildman–Crippen LogP) is 0.605. The highest BCUT2D eigenvalue weighted by molar-refractivity contribution is 4.61. The smallest absolute Gasteiger partial charge is 0.0469 e. The Hall–Kier alpha value is -0.120. The van der Waals surface area contributed by atoms with E-state index in [1.165, 1.54) is 19.3 Å². The summed E-state index contributed by atoms with van der Waals surface area (Å²) in [5.74, 6) is 0.368. The fourth-order valence-corrected chi connectivity index (χ4v) is 1.40. The standard InChI is InChI=1S/C9H20N2O/c1-9(8-12)7-10-11-5-3-2-4-6-11/h9-10,12H,2-8H2,1H3. The van der Waals surface area contributed by atoms with Gasteiger partial charge in [0.2, 0.25) is 0 Å². The number of aliphatic hydroxyl groups is 1. The molecule has 1 aliphatic heterocycles. The summed E-state index contributed by atoms with van der Waals surface area (Å²) in [4.78, 5) is 0. The average molecular weight is 172 g/mol. The van der Waals surface area contributed by atoms with E-state index in [1.54, 1.807) is 0 Å². The van der Waals surface area contributed by atoms with Gasteiger partial charge in [-0.3, -0.25) is 5.43 Å². The van der Waals surface area contributed by atoms with E-state index in [0.29, 0.717) is 5.92 Å². The molecule has 0 saturated carbocycles. The predicted molar refractivity (Wildman–Crippen MR) is 49.7 cm³/mol. The van der Waals surface area contributed by atoms with E-state index < -0.39 is 0 Å². The van der Waals surface area contributed by atoms with Crippen LogP contribution in [0.15, 0.2) is 0 Å². The van der Waals surface area contributed by atoms with Crippen LogP contribution in [0.1, 0.15) is 26.2 Å². The maximum absolute atomic E-state index is 8.81. The Morgan fingerprint density at radius 3 is 2.58 bits per heavy atom. The number of hydrogen-bond acceptors (Lipinski definition) is 3. The Balaban J connectivity index is 2.05. The van der Waals surface area contributed by atoms with Crippen LogP contribution in [-0.4, -0.2) is 36.4 Å². The van der Waals surface area contributed by atoms with Crippen molar-refractivity contribution in [3.8, 4) is 0 Å². The monoisotopic (exact) mass is 172 g/mol. The molecule has 0 aromatic heterocycles. The van der Waals surface area contributed by atoms with Crippen molar-refractivity contribution in [1.82, 2.24) is 10.4 Å². The van der Waals surface area contributed by atoms with Crippen LogP contribution in [0.5, 0.6) is 0 Å². The molecule has 72 valence electrons. The first-order chi connectivity index (χ1) is 5.83. The molecule has 0 amide bonds. The zero-order valence-corrected chi connectivity index (χ0v) is 7.92. The van der Waals surface area contributed by atoms with Crippen LogP contribution in [-0.2, 0) is 0 Å². The number of aliphatic hydroxyl groups excluding tert-OH is 1. The zero-order chi connectivity index (χ0) is 8.81. The lowest BCUT2D eigenvalue weighted by molar-refractivity contribution is 0.131. The summed E-state index contributed by atoms with van der Waals surface area (Å²) in [6.45, 7) is 5.56. The zero-order valence-electron chi connectivity index (χ0n) is 7.92. The van der Waals surface area contributed by atoms with E-state index in [4.69, 9.17) is 5.11 Å². The molecule has 1 saturated heterocycles. The Kier molecular flexibility index (Phi) is 4.58. The van der Waals surface area contributed by atoms with Crippen LogP contribution in [0.25, 0.3) is 0 Å². The molecule has 3 nitrogen and oxygen atoms in total. The molecule has 2 N–H and O–H groups in total. The summed E-state index contributed by atoms with van der Waals surface area (Å²) in [5, 5.41) is 11.1. The average Bonchev–Trinajstić information content (AvgIpc) is 2.16. The van der Waals surface area contributed by atoms with E-state index in [0.717, 1.165) is 19.6 Å². The molecule has 1 fully saturated rings. The van der Waals surface area contributed by atoms with Gasteiger partial charge in [-0.2, -0.15) is 0 Å². The highest BCUT2D eigenvalue weighted by Crippen LogP contribution is 2.05. The largest absolute Gasteiger partial charge is 0.396 e. The van der Waals surface area contributed by atoms with Gasteiger partial charge in [0.15, 0.2) is 0 Å². The first-order valence-electron chi connectivity index (χ1n) is 4.92. The number of piperidine rings is 1. The number of nitrogens with one attached hydrogen (secondary N) is 1. The molecule has 12 heavy (non-hydrogen) atoms. The van der Waals surface area contributed by atoms with Gasteiger partial charge >= 0.3 is 0 Å². The quantitative estimate of drug-likeness (QED) is 0.652. The fraction of sp³-hybridized carbons (Fsp3) is 1.00. The van der Waals surface area contributed by atoms with Gasteiger partial charge in [-0.1, -0.05) is 13.3 Å². The third kappa shape index (κ3) is 3.52. The van der Waals surface area contributed by atoms with Gasteiger partial charge in [-0.25, -0.2) is 5.01 Å². The first kappa shape index (κ1) is 9.96. The molecular weight excluding hydrogens is 152 g/mol. The molecule has 3 heteroatoms. The third-order valence-electron chi connectivity index (χ3n) is 2.33. The van der Waals surface area contributed by atoms with Crippen molar-refractivity contribution in [2.24, 2.45) is 5.92 Å². The van der Waals surface area contributed by atoms with Crippen molar-refractivity contribution in [1.29, 1.82) is 0 Å². The Labute approximate surface area is 74.7 Å². The summed E-state index contributed by atoms with van der Waals surface area (Å²) in [6.07, 6.45) is 3.98. The van der Waals surface area contributed by atoms with Crippen LogP contribution in [0.4, 0.5) is 0 Å². The Morgan fingerprint density at radius 1 is 1.33 bits per heavy atom. The van der Waals surface area contributed by atoms with Gasteiger partial charge in [-0.05, 0) is 18.8 Å². The molecule has 0 aromatic rings. The first-order valence-corrected chi connectivity index (χ1v) is 4.92. The molecule has 0 radical (unpaired) electrons. The lowest BCUT2D eigenvalue weighted by Crippen LogP contribution is -2.43. The maximum Gasteiger partial charge on any atom is 0.0469 e. The molecule has 0 aromatic carbocycles. The van der Waals surface area contributed by atoms with Gasteiger partial charge in [0.25, 0.3) is 0 Å². The van der Waals surface area contributed by atoms with E-state index in [9.17, 15) is 0 Å². The Bertz CT molecular complexity index is 113. The van der Waals surface area contributed by atoms with E-state index in [-0.39, 0.29) is 6.61 Å². The normalized spacial score (nSPS) is 22.5. The summed E-state index contributed by atoms with van der Waals surface area (Å²) < 4.78 is 0. The van der Waals surface area contributed by atoms with Crippen LogP contribution < -0.4 is 5.43 Å². The summed E-state index contributed by atoms with van der Waals surface area (Å²) >= 11 is 0. The van der Waals surface area contributed by atoms with Gasteiger partial charge in [0.1, 0.15) is 0 Å². The minimum atomic E-state index is 0.279. The van der Waals surface area contributed by atoms with Crippen molar-refractivity contribution in [3.63, 3.8) is 0 Å². The van der Waals surface area contributed by atoms with Crippen molar-refractivity contribution in [3.05, 3.63) is 0 Å². The van der Waals surface area contributed by atoms with Crippen molar-refractivity contribution < 1.29 is 5.11 Å². The molecule has 1 unspecified atom stereocenters. The summed E-state index contributed by atoms with van der Waals surface area (Å²) in [6, 6.07) is 0. The van der Waals surface area contributed by atoms with Crippen molar-refractivity contribution >= 4 is 0 Å². The lowest BCUT2D eigenvalue weighted by Gasteiger charge is -2.28. The molecule has 0 bridgehead atoms. The second-order valence-corrected chi connectivity index (χ2v) is 3.70. The maximum atomic E-state index is 8.81. The van der Waals surface area contributed by atoms with Crippen LogP contribution in [0.2, 0.25) is 0 Å². The van der Waals surface area contributed by atoms with Crippen LogP contribution in [0, 0.1) is 5.92 Å². The third-order valence-corrected chi connectivity index (χ3v) is 2.33. The second kappa shape index (κ2) is 5.51. The van der Waals surface area contributed by atoms with Crippen LogP contribution in [0.3, 0.4) is 0 Å². The molecule has 0 spiro atoms. The highest BCUT2D eigenvalue weighted by atomic mass is 16.3. The molecule has 0 aliphatic carbocycles. The molecule has 1 heterocycles. The number of nitrogens with zero attached hydrogens (tertiary/aromatic N) is 1. The molecular formula is C9H20N2O. The number of hydrogen-bond donors (Lipinski definition) is 2. The second-order valence-electron chi connectivity index (χ2n) is 3.70. The SMILES string of the molecule is CC(CO)CNN1CCCCC1. The van der Waals surface area contributed by atoms with Crippen LogP contribution >= 0.6 is 0 Å². The topological polar surface area (TPSA) is 35.5 Å². The number of rotatable bonds is 4. The van der Waals surface area contributed by atoms with E-state index >= 15 is 0 Å².